The number of aryl methyl sites for hydroxylation is 1. The number of hydrogen-bond acceptors (Lipinski definition) is 5. The predicted octanol–water partition coefficient (Wildman–Crippen LogP) is 1.04. The normalized spacial score (nSPS) is 10.5. The second-order valence-corrected chi connectivity index (χ2v) is 4.12. The molecule has 2 aromatic rings. The minimum absolute atomic E-state index is 0.183. The van der Waals surface area contributed by atoms with E-state index >= 15 is 0 Å². The van der Waals surface area contributed by atoms with Crippen molar-refractivity contribution in [2.45, 2.75) is 13.8 Å². The minimum atomic E-state index is -0.986. The van der Waals surface area contributed by atoms with Crippen LogP contribution < -0.4 is 0 Å². The maximum atomic E-state index is 10.8. The van der Waals surface area contributed by atoms with Gasteiger partial charge < -0.3 is 5.11 Å². The molecule has 0 saturated heterocycles. The summed E-state index contributed by atoms with van der Waals surface area (Å²) in [6, 6.07) is 0. The molecule has 0 unspecified atom stereocenters. The molecule has 2 heterocycles. The lowest BCUT2D eigenvalue weighted by atomic mass is 10.3. The van der Waals surface area contributed by atoms with Crippen LogP contribution in [0.15, 0.2) is 6.20 Å². The molecule has 0 saturated carbocycles. The van der Waals surface area contributed by atoms with Crippen LogP contribution in [0.2, 0.25) is 0 Å². The van der Waals surface area contributed by atoms with Crippen molar-refractivity contribution in [3.05, 3.63) is 22.5 Å². The highest BCUT2D eigenvalue weighted by Gasteiger charge is 2.15. The zero-order valence-electron chi connectivity index (χ0n) is 8.13. The number of carboxylic acids is 1. The maximum Gasteiger partial charge on any atom is 0.339 e. The van der Waals surface area contributed by atoms with Crippen LogP contribution in [0.3, 0.4) is 0 Å². The van der Waals surface area contributed by atoms with E-state index in [0.717, 1.165) is 5.01 Å². The Kier molecular flexibility index (Phi) is 2.24. The third-order valence-electron chi connectivity index (χ3n) is 1.94. The SMILES string of the molecule is Cc1nnc(-n2ncc(C(=O)O)c2C)s1. The van der Waals surface area contributed by atoms with Gasteiger partial charge in [0.05, 0.1) is 11.9 Å². The molecule has 2 aromatic heterocycles. The number of carboxylic acid groups (broad SMARTS) is 1. The highest BCUT2D eigenvalue weighted by atomic mass is 32.1. The van der Waals surface area contributed by atoms with Gasteiger partial charge in [0.1, 0.15) is 10.6 Å². The third kappa shape index (κ3) is 1.61. The van der Waals surface area contributed by atoms with Crippen LogP contribution in [0.25, 0.3) is 5.13 Å². The van der Waals surface area contributed by atoms with Gasteiger partial charge in [-0.25, -0.2) is 9.48 Å². The van der Waals surface area contributed by atoms with E-state index in [9.17, 15) is 4.79 Å². The van der Waals surface area contributed by atoms with Gasteiger partial charge in [-0.2, -0.15) is 5.10 Å². The Labute approximate surface area is 89.2 Å². The van der Waals surface area contributed by atoms with Gasteiger partial charge in [0.2, 0.25) is 5.13 Å². The van der Waals surface area contributed by atoms with Crippen molar-refractivity contribution < 1.29 is 9.90 Å². The summed E-state index contributed by atoms with van der Waals surface area (Å²) in [5.74, 6) is -0.986. The maximum absolute atomic E-state index is 10.8. The topological polar surface area (TPSA) is 80.9 Å². The molecule has 0 aliphatic carbocycles. The highest BCUT2D eigenvalue weighted by Crippen LogP contribution is 2.17. The molecule has 0 bridgehead atoms. The van der Waals surface area contributed by atoms with E-state index < -0.39 is 5.97 Å². The summed E-state index contributed by atoms with van der Waals surface area (Å²) < 4.78 is 1.48. The van der Waals surface area contributed by atoms with Crippen molar-refractivity contribution >= 4 is 17.3 Å². The lowest BCUT2D eigenvalue weighted by Crippen LogP contribution is -2.02. The average molecular weight is 224 g/mol. The van der Waals surface area contributed by atoms with Gasteiger partial charge in [-0.1, -0.05) is 11.3 Å². The zero-order valence-corrected chi connectivity index (χ0v) is 8.95. The molecule has 0 fully saturated rings. The Bertz CT molecular complexity index is 516. The van der Waals surface area contributed by atoms with Crippen LogP contribution in [0.1, 0.15) is 21.1 Å². The monoisotopic (exact) mass is 224 g/mol. The third-order valence-corrected chi connectivity index (χ3v) is 2.75. The quantitative estimate of drug-likeness (QED) is 0.824. The van der Waals surface area contributed by atoms with Crippen LogP contribution >= 0.6 is 11.3 Å². The lowest BCUT2D eigenvalue weighted by Gasteiger charge is -1.97. The first-order valence-electron chi connectivity index (χ1n) is 4.18. The molecule has 6 nitrogen and oxygen atoms in total. The van der Waals surface area contributed by atoms with E-state index in [-0.39, 0.29) is 5.56 Å². The summed E-state index contributed by atoms with van der Waals surface area (Å²) in [5, 5.41) is 22.0. The van der Waals surface area contributed by atoms with Crippen molar-refractivity contribution in [2.24, 2.45) is 0 Å². The number of rotatable bonds is 2. The van der Waals surface area contributed by atoms with Gasteiger partial charge in [0.15, 0.2) is 0 Å². The molecule has 15 heavy (non-hydrogen) atoms. The molecule has 0 amide bonds. The second kappa shape index (κ2) is 3.43. The Hall–Kier alpha value is -1.76. The van der Waals surface area contributed by atoms with Gasteiger partial charge in [-0.05, 0) is 13.8 Å². The van der Waals surface area contributed by atoms with Gasteiger partial charge in [-0.3, -0.25) is 0 Å². The molecule has 0 spiro atoms. The Morgan fingerprint density at radius 2 is 2.20 bits per heavy atom. The van der Waals surface area contributed by atoms with Gasteiger partial charge in [0.25, 0.3) is 0 Å². The van der Waals surface area contributed by atoms with Gasteiger partial charge >= 0.3 is 5.97 Å². The number of carbonyl (C=O) groups is 1. The van der Waals surface area contributed by atoms with Crippen molar-refractivity contribution in [2.75, 3.05) is 0 Å². The molecular formula is C8H8N4O2S. The average Bonchev–Trinajstić information content (AvgIpc) is 2.71. The van der Waals surface area contributed by atoms with Crippen LogP contribution in [-0.4, -0.2) is 31.1 Å². The fourth-order valence-electron chi connectivity index (χ4n) is 1.18. The van der Waals surface area contributed by atoms with Crippen LogP contribution in [0.4, 0.5) is 0 Å². The van der Waals surface area contributed by atoms with Crippen molar-refractivity contribution in [1.82, 2.24) is 20.0 Å². The van der Waals surface area contributed by atoms with Gasteiger partial charge in [0, 0.05) is 0 Å². The molecule has 0 radical (unpaired) electrons. The first-order valence-corrected chi connectivity index (χ1v) is 4.99. The standard InChI is InChI=1S/C8H8N4O2S/c1-4-6(7(13)14)3-9-12(4)8-11-10-5(2)15-8/h3H,1-2H3,(H,13,14). The molecular weight excluding hydrogens is 216 g/mol. The number of hydrogen-bond donors (Lipinski definition) is 1. The Morgan fingerprint density at radius 3 is 2.67 bits per heavy atom. The Morgan fingerprint density at radius 1 is 1.47 bits per heavy atom. The van der Waals surface area contributed by atoms with Crippen molar-refractivity contribution in [1.29, 1.82) is 0 Å². The summed E-state index contributed by atoms with van der Waals surface area (Å²) in [5.41, 5.74) is 0.738. The second-order valence-electron chi connectivity index (χ2n) is 2.96. The first-order chi connectivity index (χ1) is 7.09. The molecule has 0 aromatic carbocycles. The lowest BCUT2D eigenvalue weighted by molar-refractivity contribution is 0.0696. The molecule has 7 heteroatoms. The molecule has 1 N–H and O–H groups in total. The number of aromatic nitrogens is 4. The predicted molar refractivity (Wildman–Crippen MR) is 53.5 cm³/mol. The zero-order chi connectivity index (χ0) is 11.0. The van der Waals surface area contributed by atoms with Crippen molar-refractivity contribution in [3.63, 3.8) is 0 Å². The smallest absolute Gasteiger partial charge is 0.339 e. The summed E-state index contributed by atoms with van der Waals surface area (Å²) in [7, 11) is 0. The summed E-state index contributed by atoms with van der Waals surface area (Å²) >= 11 is 1.37. The Balaban J connectivity index is 2.50. The first kappa shape index (κ1) is 9.78. The fraction of sp³-hybridized carbons (Fsp3) is 0.250. The molecule has 0 aliphatic heterocycles. The minimum Gasteiger partial charge on any atom is -0.478 e. The van der Waals surface area contributed by atoms with E-state index in [2.05, 4.69) is 15.3 Å². The van der Waals surface area contributed by atoms with E-state index in [1.54, 1.807) is 6.92 Å². The fourth-order valence-corrected chi connectivity index (χ4v) is 1.88. The largest absolute Gasteiger partial charge is 0.478 e. The molecule has 0 atom stereocenters. The van der Waals surface area contributed by atoms with E-state index in [1.165, 1.54) is 22.2 Å². The number of aromatic carboxylic acids is 1. The summed E-state index contributed by atoms with van der Waals surface area (Å²) in [4.78, 5) is 10.8. The summed E-state index contributed by atoms with van der Waals surface area (Å²) in [6.07, 6.45) is 1.31. The van der Waals surface area contributed by atoms with Crippen LogP contribution in [-0.2, 0) is 0 Å². The van der Waals surface area contributed by atoms with Crippen LogP contribution in [0.5, 0.6) is 0 Å². The molecule has 2 rings (SSSR count). The molecule has 0 aliphatic rings. The molecule has 78 valence electrons. The van der Waals surface area contributed by atoms with E-state index in [0.29, 0.717) is 10.8 Å². The number of nitrogens with zero attached hydrogens (tertiary/aromatic N) is 4. The highest BCUT2D eigenvalue weighted by molar-refractivity contribution is 7.13. The van der Waals surface area contributed by atoms with E-state index in [1.807, 2.05) is 6.92 Å². The summed E-state index contributed by atoms with van der Waals surface area (Å²) in [6.45, 7) is 3.52. The van der Waals surface area contributed by atoms with Crippen LogP contribution in [0, 0.1) is 13.8 Å². The van der Waals surface area contributed by atoms with Gasteiger partial charge in [-0.15, -0.1) is 10.2 Å². The van der Waals surface area contributed by atoms with Crippen molar-refractivity contribution in [3.8, 4) is 5.13 Å². The van der Waals surface area contributed by atoms with E-state index in [4.69, 9.17) is 5.11 Å².